The second kappa shape index (κ2) is 9.13. The van der Waals surface area contributed by atoms with Gasteiger partial charge in [-0.2, -0.15) is 5.10 Å². The Morgan fingerprint density at radius 1 is 0.889 bits per heavy atom. The number of hydrogen-bond donors (Lipinski definition) is 2. The first-order valence-electron chi connectivity index (χ1n) is 12.1. The van der Waals surface area contributed by atoms with Crippen LogP contribution >= 0.6 is 0 Å². The lowest BCUT2D eigenvalue weighted by Crippen LogP contribution is -2.55. The molecule has 3 unspecified atom stereocenters. The molecule has 36 heavy (non-hydrogen) atoms. The fourth-order valence-corrected chi connectivity index (χ4v) is 5.96. The number of fused-ring (bicyclic) bond motifs is 2. The first-order valence-corrected chi connectivity index (χ1v) is 13.3. The predicted molar refractivity (Wildman–Crippen MR) is 146 cm³/mol. The van der Waals surface area contributed by atoms with Crippen LogP contribution in [0.25, 0.3) is 38.7 Å². The highest BCUT2D eigenvalue weighted by molar-refractivity contribution is 7.83. The van der Waals surface area contributed by atoms with Crippen LogP contribution in [0.15, 0.2) is 84.1 Å². The van der Waals surface area contributed by atoms with Gasteiger partial charge in [0.15, 0.2) is 5.65 Å². The van der Waals surface area contributed by atoms with Gasteiger partial charge in [0, 0.05) is 54.4 Å². The summed E-state index contributed by atoms with van der Waals surface area (Å²) in [5.74, 6) is 0. The van der Waals surface area contributed by atoms with Crippen molar-refractivity contribution in [3.8, 4) is 22.3 Å². The van der Waals surface area contributed by atoms with Gasteiger partial charge in [0.05, 0.1) is 11.1 Å². The van der Waals surface area contributed by atoms with Crippen molar-refractivity contribution in [1.82, 2.24) is 19.9 Å². The van der Waals surface area contributed by atoms with Gasteiger partial charge in [-0.05, 0) is 53.9 Å². The largest absolute Gasteiger partial charge is 0.364 e. The molecule has 0 aliphatic carbocycles. The van der Waals surface area contributed by atoms with Crippen LogP contribution in [0, 0.1) is 0 Å². The highest BCUT2D eigenvalue weighted by atomic mass is 32.2. The normalized spacial score (nSPS) is 19.1. The van der Waals surface area contributed by atoms with Crippen LogP contribution in [0.4, 0.5) is 5.69 Å². The van der Waals surface area contributed by atoms with E-state index in [1.54, 1.807) is 0 Å². The molecule has 182 valence electrons. The van der Waals surface area contributed by atoms with Crippen LogP contribution in [0.3, 0.4) is 0 Å². The number of hydrogen-bond acceptors (Lipinski definition) is 5. The van der Waals surface area contributed by atoms with Crippen molar-refractivity contribution in [2.24, 2.45) is 5.14 Å². The number of aromatic nitrogens is 3. The van der Waals surface area contributed by atoms with E-state index in [2.05, 4.69) is 53.4 Å². The topological polar surface area (TPSA) is 88.5 Å². The number of rotatable bonds is 4. The van der Waals surface area contributed by atoms with Crippen LogP contribution < -0.4 is 15.4 Å². The van der Waals surface area contributed by atoms with E-state index in [1.807, 2.05) is 59.5 Å². The van der Waals surface area contributed by atoms with E-state index >= 15 is 0 Å². The smallest absolute Gasteiger partial charge is 0.162 e. The maximum atomic E-state index is 12.0. The highest BCUT2D eigenvalue weighted by Gasteiger charge is 2.24. The highest BCUT2D eigenvalue weighted by Crippen LogP contribution is 2.34. The van der Waals surface area contributed by atoms with Gasteiger partial charge in [0.1, 0.15) is 11.0 Å². The summed E-state index contributed by atoms with van der Waals surface area (Å²) in [6.07, 6.45) is 5.75. The first kappa shape index (κ1) is 22.8. The number of benzene rings is 3. The zero-order valence-corrected chi connectivity index (χ0v) is 21.1. The zero-order chi connectivity index (χ0) is 24.8. The third kappa shape index (κ3) is 3.87. The third-order valence-corrected chi connectivity index (χ3v) is 7.86. The van der Waals surface area contributed by atoms with E-state index in [4.69, 9.17) is 10.1 Å². The average Bonchev–Trinajstić information content (AvgIpc) is 3.31. The van der Waals surface area contributed by atoms with Crippen LogP contribution in [0.5, 0.6) is 0 Å². The van der Waals surface area contributed by atoms with Crippen molar-refractivity contribution in [3.05, 3.63) is 79.3 Å². The SMILES string of the molecule is CC1CNCC(C)N1c1ccc(-c2cnc3c(-c4ccc(S(N)=O)c5ccccc45)cnn3c2)cc1. The van der Waals surface area contributed by atoms with Gasteiger partial charge in [0.2, 0.25) is 0 Å². The van der Waals surface area contributed by atoms with Crippen LogP contribution in [-0.2, 0) is 11.0 Å². The summed E-state index contributed by atoms with van der Waals surface area (Å²) in [5.41, 5.74) is 6.02. The molecule has 0 radical (unpaired) electrons. The second-order valence-corrected chi connectivity index (χ2v) is 10.5. The van der Waals surface area contributed by atoms with Gasteiger partial charge in [0.25, 0.3) is 0 Å². The van der Waals surface area contributed by atoms with Crippen molar-refractivity contribution >= 4 is 33.1 Å². The number of nitrogens with two attached hydrogens (primary N) is 1. The molecule has 3 atom stereocenters. The summed E-state index contributed by atoms with van der Waals surface area (Å²) in [5, 5.41) is 15.7. The van der Waals surface area contributed by atoms with E-state index in [9.17, 15) is 4.21 Å². The predicted octanol–water partition coefficient (Wildman–Crippen LogP) is 4.38. The quantitative estimate of drug-likeness (QED) is 0.385. The van der Waals surface area contributed by atoms with Gasteiger partial charge in [-0.15, -0.1) is 0 Å². The second-order valence-electron chi connectivity index (χ2n) is 9.43. The standard InChI is InChI=1S/C28H28N6OS/c1-18-13-30-14-19(2)34(18)22-9-7-20(8-10-22)21-15-31-28-26(16-32-33(28)17-21)24-11-12-27(36(29)35)25-6-4-3-5-23(24)25/h3-12,15-19,30H,13-14,29H2,1-2H3. The molecule has 3 N–H and O–H groups in total. The van der Waals surface area contributed by atoms with Gasteiger partial charge in [-0.3, -0.25) is 0 Å². The van der Waals surface area contributed by atoms with E-state index in [-0.39, 0.29) is 0 Å². The van der Waals surface area contributed by atoms with E-state index in [0.29, 0.717) is 17.0 Å². The number of nitrogens with one attached hydrogen (secondary N) is 1. The lowest BCUT2D eigenvalue weighted by Gasteiger charge is -2.41. The maximum Gasteiger partial charge on any atom is 0.162 e. The van der Waals surface area contributed by atoms with Crippen molar-refractivity contribution < 1.29 is 4.21 Å². The minimum absolute atomic E-state index is 0.454. The maximum absolute atomic E-state index is 12.0. The Morgan fingerprint density at radius 3 is 2.33 bits per heavy atom. The Labute approximate surface area is 212 Å². The number of nitrogens with zero attached hydrogens (tertiary/aromatic N) is 4. The molecular weight excluding hydrogens is 468 g/mol. The average molecular weight is 497 g/mol. The van der Waals surface area contributed by atoms with Crippen molar-refractivity contribution in [1.29, 1.82) is 0 Å². The van der Waals surface area contributed by atoms with E-state index in [1.165, 1.54) is 5.69 Å². The molecule has 7 nitrogen and oxygen atoms in total. The Kier molecular flexibility index (Phi) is 5.79. The summed E-state index contributed by atoms with van der Waals surface area (Å²) in [6.45, 7) is 6.51. The van der Waals surface area contributed by atoms with Crippen LogP contribution in [-0.4, -0.2) is 44.0 Å². The molecule has 0 spiro atoms. The zero-order valence-electron chi connectivity index (χ0n) is 20.3. The molecule has 8 heteroatoms. The molecule has 0 amide bonds. The lowest BCUT2D eigenvalue weighted by molar-refractivity contribution is 0.432. The summed E-state index contributed by atoms with van der Waals surface area (Å²) >= 11 is 0. The third-order valence-electron chi connectivity index (χ3n) is 7.08. The van der Waals surface area contributed by atoms with Gasteiger partial charge < -0.3 is 10.2 Å². The molecular formula is C28H28N6OS. The fourth-order valence-electron chi connectivity index (χ4n) is 5.36. The first-order chi connectivity index (χ1) is 17.5. The molecule has 1 fully saturated rings. The minimum atomic E-state index is -1.56. The monoisotopic (exact) mass is 496 g/mol. The van der Waals surface area contributed by atoms with Crippen LogP contribution in [0.1, 0.15) is 13.8 Å². The Balaban J connectivity index is 1.36. The molecule has 5 aromatic rings. The summed E-state index contributed by atoms with van der Waals surface area (Å²) < 4.78 is 13.9. The lowest BCUT2D eigenvalue weighted by atomic mass is 10.00. The summed E-state index contributed by atoms with van der Waals surface area (Å²) in [7, 11) is -1.56. The molecule has 0 bridgehead atoms. The molecule has 3 heterocycles. The van der Waals surface area contributed by atoms with Crippen molar-refractivity contribution in [2.45, 2.75) is 30.8 Å². The Morgan fingerprint density at radius 2 is 1.61 bits per heavy atom. The van der Waals surface area contributed by atoms with E-state index < -0.39 is 11.0 Å². The van der Waals surface area contributed by atoms with Crippen molar-refractivity contribution in [3.63, 3.8) is 0 Å². The fraction of sp³-hybridized carbons (Fsp3) is 0.214. The summed E-state index contributed by atoms with van der Waals surface area (Å²) in [4.78, 5) is 7.89. The van der Waals surface area contributed by atoms with Crippen LogP contribution in [0.2, 0.25) is 0 Å². The molecule has 3 aromatic carbocycles. The number of anilines is 1. The Bertz CT molecular complexity index is 1590. The molecule has 1 saturated heterocycles. The molecule has 0 saturated carbocycles. The molecule has 1 aliphatic heterocycles. The summed E-state index contributed by atoms with van der Waals surface area (Å²) in [6, 6.07) is 21.2. The molecule has 6 rings (SSSR count). The van der Waals surface area contributed by atoms with Gasteiger partial charge in [-0.1, -0.05) is 42.5 Å². The van der Waals surface area contributed by atoms with Gasteiger partial charge >= 0.3 is 0 Å². The minimum Gasteiger partial charge on any atom is -0.364 e. The molecule has 1 aliphatic rings. The van der Waals surface area contributed by atoms with E-state index in [0.717, 1.165) is 51.8 Å². The number of piperazine rings is 1. The Hall–Kier alpha value is -3.59. The molecule has 2 aromatic heterocycles. The van der Waals surface area contributed by atoms with Gasteiger partial charge in [-0.25, -0.2) is 18.8 Å². The van der Waals surface area contributed by atoms with Crippen molar-refractivity contribution in [2.75, 3.05) is 18.0 Å².